The lowest BCUT2D eigenvalue weighted by molar-refractivity contribution is -0.116. The second-order valence-electron chi connectivity index (χ2n) is 5.58. The maximum absolute atomic E-state index is 12.6. The predicted octanol–water partition coefficient (Wildman–Crippen LogP) is 3.80. The number of hydrogen-bond donors (Lipinski definition) is 1. The Hall–Kier alpha value is -1.96. The summed E-state index contributed by atoms with van der Waals surface area (Å²) in [5.41, 5.74) is 0.692. The van der Waals surface area contributed by atoms with Crippen LogP contribution in [0.4, 0.5) is 11.4 Å². The molecule has 1 amide bonds. The number of methoxy groups -OCH3 is 1. The number of rotatable bonds is 6. The Labute approximate surface area is 162 Å². The molecule has 1 atom stereocenters. The van der Waals surface area contributed by atoms with Gasteiger partial charge in [-0.1, -0.05) is 29.3 Å². The minimum Gasteiger partial charge on any atom is -0.497 e. The van der Waals surface area contributed by atoms with Crippen molar-refractivity contribution in [3.63, 3.8) is 0 Å². The minimum absolute atomic E-state index is 0.318. The van der Waals surface area contributed by atoms with E-state index in [1.165, 1.54) is 32.2 Å². The Morgan fingerprint density at radius 1 is 1.15 bits per heavy atom. The summed E-state index contributed by atoms with van der Waals surface area (Å²) in [5, 5.41) is 3.34. The van der Waals surface area contributed by atoms with Crippen LogP contribution in [0.1, 0.15) is 6.92 Å². The fraction of sp³-hybridized carbons (Fsp3) is 0.235. The van der Waals surface area contributed by atoms with Crippen molar-refractivity contribution >= 4 is 50.5 Å². The average molecular weight is 417 g/mol. The number of anilines is 2. The molecule has 0 radical (unpaired) electrons. The van der Waals surface area contributed by atoms with Crippen molar-refractivity contribution in [1.82, 2.24) is 0 Å². The van der Waals surface area contributed by atoms with E-state index < -0.39 is 22.0 Å². The smallest absolute Gasteiger partial charge is 0.247 e. The van der Waals surface area contributed by atoms with Crippen LogP contribution in [0.3, 0.4) is 0 Å². The molecule has 0 bridgehead atoms. The summed E-state index contributed by atoms with van der Waals surface area (Å²) in [4.78, 5) is 12.6. The largest absolute Gasteiger partial charge is 0.497 e. The van der Waals surface area contributed by atoms with Gasteiger partial charge in [-0.2, -0.15) is 0 Å². The van der Waals surface area contributed by atoms with Gasteiger partial charge in [0.25, 0.3) is 0 Å². The SMILES string of the molecule is COc1cccc(N([C@@H](C)C(=O)Nc2cc(Cl)cc(Cl)c2)S(C)(=O)=O)c1. The first-order valence-electron chi connectivity index (χ1n) is 7.52. The number of halogens is 2. The molecule has 0 saturated heterocycles. The predicted molar refractivity (Wildman–Crippen MR) is 105 cm³/mol. The molecule has 140 valence electrons. The zero-order valence-electron chi connectivity index (χ0n) is 14.4. The highest BCUT2D eigenvalue weighted by Crippen LogP contribution is 2.27. The number of carbonyl (C=O) groups excluding carboxylic acids is 1. The minimum atomic E-state index is -3.73. The van der Waals surface area contributed by atoms with Crippen molar-refractivity contribution in [1.29, 1.82) is 0 Å². The van der Waals surface area contributed by atoms with E-state index in [0.717, 1.165) is 10.6 Å². The van der Waals surface area contributed by atoms with Crippen molar-refractivity contribution in [3.05, 3.63) is 52.5 Å². The van der Waals surface area contributed by atoms with Gasteiger partial charge in [-0.3, -0.25) is 9.10 Å². The van der Waals surface area contributed by atoms with E-state index in [1.54, 1.807) is 24.3 Å². The lowest BCUT2D eigenvalue weighted by Crippen LogP contribution is -2.45. The first-order chi connectivity index (χ1) is 12.1. The van der Waals surface area contributed by atoms with Crippen LogP contribution in [-0.2, 0) is 14.8 Å². The summed E-state index contributed by atoms with van der Waals surface area (Å²) in [6, 6.07) is 10.0. The van der Waals surface area contributed by atoms with E-state index in [9.17, 15) is 13.2 Å². The van der Waals surface area contributed by atoms with E-state index >= 15 is 0 Å². The van der Waals surface area contributed by atoms with E-state index in [4.69, 9.17) is 27.9 Å². The Bertz CT molecular complexity index is 898. The summed E-state index contributed by atoms with van der Waals surface area (Å²) in [6.07, 6.45) is 1.03. The van der Waals surface area contributed by atoms with Gasteiger partial charge in [0.15, 0.2) is 0 Å². The van der Waals surface area contributed by atoms with Gasteiger partial charge in [0.05, 0.1) is 19.1 Å². The number of ether oxygens (including phenoxy) is 1. The summed E-state index contributed by atoms with van der Waals surface area (Å²) < 4.78 is 30.8. The quantitative estimate of drug-likeness (QED) is 0.776. The lowest BCUT2D eigenvalue weighted by atomic mass is 10.2. The van der Waals surface area contributed by atoms with Gasteiger partial charge in [-0.15, -0.1) is 0 Å². The van der Waals surface area contributed by atoms with Crippen molar-refractivity contribution in [2.45, 2.75) is 13.0 Å². The number of carbonyl (C=O) groups is 1. The Kier molecular flexibility index (Phi) is 6.39. The molecule has 0 saturated carbocycles. The van der Waals surface area contributed by atoms with Gasteiger partial charge in [0.2, 0.25) is 15.9 Å². The zero-order valence-corrected chi connectivity index (χ0v) is 16.7. The fourth-order valence-corrected chi connectivity index (χ4v) is 4.12. The van der Waals surface area contributed by atoms with E-state index in [0.29, 0.717) is 27.2 Å². The average Bonchev–Trinajstić information content (AvgIpc) is 2.52. The molecule has 26 heavy (non-hydrogen) atoms. The lowest BCUT2D eigenvalue weighted by Gasteiger charge is -2.28. The van der Waals surface area contributed by atoms with Crippen LogP contribution in [0.15, 0.2) is 42.5 Å². The van der Waals surface area contributed by atoms with Gasteiger partial charge in [0, 0.05) is 21.8 Å². The molecular weight excluding hydrogens is 399 g/mol. The summed E-state index contributed by atoms with van der Waals surface area (Å²) in [7, 11) is -2.26. The van der Waals surface area contributed by atoms with E-state index in [1.807, 2.05) is 0 Å². The Balaban J connectivity index is 2.34. The van der Waals surface area contributed by atoms with Crippen molar-refractivity contribution in [3.8, 4) is 5.75 Å². The fourth-order valence-electron chi connectivity index (χ4n) is 2.43. The van der Waals surface area contributed by atoms with Gasteiger partial charge in [0.1, 0.15) is 11.8 Å². The zero-order chi connectivity index (χ0) is 19.5. The maximum atomic E-state index is 12.6. The highest BCUT2D eigenvalue weighted by Gasteiger charge is 2.29. The molecule has 2 rings (SSSR count). The highest BCUT2D eigenvalue weighted by atomic mass is 35.5. The molecule has 0 heterocycles. The molecule has 0 aliphatic rings. The van der Waals surface area contributed by atoms with Gasteiger partial charge in [-0.25, -0.2) is 8.42 Å². The standard InChI is InChI=1S/C17H18Cl2N2O4S/c1-11(17(22)20-14-8-12(18)7-13(19)9-14)21(26(3,23)24)15-5-4-6-16(10-15)25-2/h4-11H,1-3H3,(H,20,22)/t11-/m0/s1. The number of benzene rings is 2. The molecule has 0 aliphatic carbocycles. The second kappa shape index (κ2) is 8.16. The molecule has 6 nitrogen and oxygen atoms in total. The van der Waals surface area contributed by atoms with Gasteiger partial charge >= 0.3 is 0 Å². The van der Waals surface area contributed by atoms with Crippen molar-refractivity contribution < 1.29 is 17.9 Å². The molecule has 9 heteroatoms. The van der Waals surface area contributed by atoms with E-state index in [-0.39, 0.29) is 0 Å². The molecule has 0 aliphatic heterocycles. The molecule has 2 aromatic rings. The number of amides is 1. The molecule has 0 fully saturated rings. The number of nitrogens with zero attached hydrogens (tertiary/aromatic N) is 1. The monoisotopic (exact) mass is 416 g/mol. The summed E-state index contributed by atoms with van der Waals surface area (Å²) in [6.45, 7) is 1.49. The van der Waals surface area contributed by atoms with E-state index in [2.05, 4.69) is 5.32 Å². The number of hydrogen-bond acceptors (Lipinski definition) is 4. The molecular formula is C17H18Cl2N2O4S. The molecule has 0 aromatic heterocycles. The highest BCUT2D eigenvalue weighted by molar-refractivity contribution is 7.92. The van der Waals surface area contributed by atoms with Crippen LogP contribution in [0.5, 0.6) is 5.75 Å². The van der Waals surface area contributed by atoms with Crippen LogP contribution >= 0.6 is 23.2 Å². The molecule has 2 aromatic carbocycles. The Morgan fingerprint density at radius 3 is 2.31 bits per heavy atom. The van der Waals surface area contributed by atoms with Gasteiger partial charge < -0.3 is 10.1 Å². The van der Waals surface area contributed by atoms with Crippen molar-refractivity contribution in [2.24, 2.45) is 0 Å². The topological polar surface area (TPSA) is 75.7 Å². The normalized spacial score (nSPS) is 12.3. The summed E-state index contributed by atoms with van der Waals surface area (Å²) in [5.74, 6) is -0.0537. The molecule has 0 spiro atoms. The third-order valence-electron chi connectivity index (χ3n) is 3.53. The number of nitrogens with one attached hydrogen (secondary N) is 1. The third kappa shape index (κ3) is 5.03. The van der Waals surface area contributed by atoms with Crippen LogP contribution in [0.25, 0.3) is 0 Å². The van der Waals surface area contributed by atoms with Gasteiger partial charge in [-0.05, 0) is 37.3 Å². The number of sulfonamides is 1. The van der Waals surface area contributed by atoms with Crippen LogP contribution in [0.2, 0.25) is 10.0 Å². The molecule has 1 N–H and O–H groups in total. The first kappa shape index (κ1) is 20.4. The first-order valence-corrected chi connectivity index (χ1v) is 10.1. The molecule has 0 unspecified atom stereocenters. The maximum Gasteiger partial charge on any atom is 0.247 e. The third-order valence-corrected chi connectivity index (χ3v) is 5.20. The summed E-state index contributed by atoms with van der Waals surface area (Å²) >= 11 is 11.8. The Morgan fingerprint density at radius 2 is 1.77 bits per heavy atom. The van der Waals surface area contributed by atoms with Crippen molar-refractivity contribution in [2.75, 3.05) is 23.0 Å². The van der Waals surface area contributed by atoms with Crippen LogP contribution in [-0.4, -0.2) is 33.7 Å². The second-order valence-corrected chi connectivity index (χ2v) is 8.32. The van der Waals surface area contributed by atoms with Crippen LogP contribution < -0.4 is 14.4 Å². The van der Waals surface area contributed by atoms with Crippen LogP contribution in [0, 0.1) is 0 Å².